The summed E-state index contributed by atoms with van der Waals surface area (Å²) in [5, 5.41) is 0. The van der Waals surface area contributed by atoms with Crippen molar-refractivity contribution in [2.24, 2.45) is 5.92 Å². The minimum Gasteiger partial charge on any atom is -0.463 e. The van der Waals surface area contributed by atoms with E-state index >= 15 is 0 Å². The quantitative estimate of drug-likeness (QED) is 0.311. The number of esters is 1. The number of rotatable bonds is 11. The van der Waals surface area contributed by atoms with Gasteiger partial charge in [0.2, 0.25) is 7.37 Å². The van der Waals surface area contributed by atoms with E-state index in [0.717, 1.165) is 6.42 Å². The Hall–Kier alpha value is -1.38. The fourth-order valence-corrected chi connectivity index (χ4v) is 5.39. The lowest BCUT2D eigenvalue weighted by Crippen LogP contribution is -2.15. The van der Waals surface area contributed by atoms with Gasteiger partial charge >= 0.3 is 5.97 Å². The number of benzene rings is 1. The highest BCUT2D eigenvalue weighted by Gasteiger charge is 2.28. The molecule has 0 bridgehead atoms. The van der Waals surface area contributed by atoms with Crippen LogP contribution < -0.4 is 0 Å². The van der Waals surface area contributed by atoms with Gasteiger partial charge in [0.25, 0.3) is 0 Å². The van der Waals surface area contributed by atoms with Gasteiger partial charge in [0.05, 0.1) is 19.4 Å². The van der Waals surface area contributed by atoms with E-state index in [0.29, 0.717) is 31.4 Å². The largest absolute Gasteiger partial charge is 0.463 e. The maximum atomic E-state index is 13.1. The van der Waals surface area contributed by atoms with Gasteiger partial charge in [-0.1, -0.05) is 50.3 Å². The number of carbonyl (C=O) groups is 1. The Morgan fingerprint density at radius 2 is 1.84 bits per heavy atom. The maximum absolute atomic E-state index is 13.1. The molecule has 1 atom stereocenters. The first kappa shape index (κ1) is 21.7. The van der Waals surface area contributed by atoms with Crippen molar-refractivity contribution >= 4 is 13.3 Å². The van der Waals surface area contributed by atoms with Crippen LogP contribution in [0.4, 0.5) is 0 Å². The van der Waals surface area contributed by atoms with E-state index in [-0.39, 0.29) is 18.0 Å². The Kier molecular flexibility index (Phi) is 9.77. The molecule has 1 aromatic rings. The van der Waals surface area contributed by atoms with Crippen molar-refractivity contribution in [2.45, 2.75) is 40.5 Å². The molecule has 0 aliphatic heterocycles. The summed E-state index contributed by atoms with van der Waals surface area (Å²) < 4.78 is 23.8. The molecule has 0 aliphatic carbocycles. The van der Waals surface area contributed by atoms with Crippen LogP contribution in [0.5, 0.6) is 0 Å². The van der Waals surface area contributed by atoms with Crippen molar-refractivity contribution in [3.63, 3.8) is 0 Å². The second-order valence-electron chi connectivity index (χ2n) is 6.44. The first-order chi connectivity index (χ1) is 11.9. The SMILES string of the molecule is CCOC(=O)C(=CCCc1ccccc1)CP(=O)(CC(C)C)OCC. The summed E-state index contributed by atoms with van der Waals surface area (Å²) in [5.41, 5.74) is 1.67. The number of ether oxygens (including phenoxy) is 1. The van der Waals surface area contributed by atoms with Gasteiger partial charge < -0.3 is 9.26 Å². The maximum Gasteiger partial charge on any atom is 0.334 e. The zero-order valence-electron chi connectivity index (χ0n) is 15.9. The Morgan fingerprint density at radius 3 is 2.40 bits per heavy atom. The predicted molar refractivity (Wildman–Crippen MR) is 103 cm³/mol. The summed E-state index contributed by atoms with van der Waals surface area (Å²) >= 11 is 0. The van der Waals surface area contributed by atoms with Crippen LogP contribution in [0.15, 0.2) is 42.0 Å². The van der Waals surface area contributed by atoms with Crippen LogP contribution in [0.3, 0.4) is 0 Å². The van der Waals surface area contributed by atoms with E-state index in [9.17, 15) is 9.36 Å². The van der Waals surface area contributed by atoms with E-state index in [1.165, 1.54) is 5.56 Å². The number of allylic oxidation sites excluding steroid dienone is 1. The highest BCUT2D eigenvalue weighted by Crippen LogP contribution is 2.50. The molecule has 0 saturated heterocycles. The molecule has 0 aromatic heterocycles. The summed E-state index contributed by atoms with van der Waals surface area (Å²) in [4.78, 5) is 12.3. The lowest BCUT2D eigenvalue weighted by Gasteiger charge is -2.20. The number of aryl methyl sites for hydroxylation is 1. The molecular formula is C20H31O4P. The lowest BCUT2D eigenvalue weighted by atomic mass is 10.1. The number of hydrogen-bond donors (Lipinski definition) is 0. The molecule has 0 saturated carbocycles. The molecule has 0 heterocycles. The molecule has 140 valence electrons. The summed E-state index contributed by atoms with van der Waals surface area (Å²) in [6.07, 6.45) is 4.00. The predicted octanol–water partition coefficient (Wildman–Crippen LogP) is 5.08. The molecule has 0 aliphatic rings. The number of hydrogen-bond acceptors (Lipinski definition) is 4. The third-order valence-corrected chi connectivity index (χ3v) is 6.46. The second kappa shape index (κ2) is 11.3. The smallest absolute Gasteiger partial charge is 0.334 e. The Morgan fingerprint density at radius 1 is 1.16 bits per heavy atom. The zero-order valence-corrected chi connectivity index (χ0v) is 16.8. The van der Waals surface area contributed by atoms with E-state index < -0.39 is 7.37 Å². The highest BCUT2D eigenvalue weighted by molar-refractivity contribution is 7.59. The van der Waals surface area contributed by atoms with Gasteiger partial charge in [0.1, 0.15) is 0 Å². The standard InChI is InChI=1S/C20H31O4P/c1-5-23-20(21)19(14-10-13-18-11-8-7-9-12-18)16-25(22,24-6-2)15-17(3)4/h7-9,11-12,14,17H,5-6,10,13,15-16H2,1-4H3. The van der Waals surface area contributed by atoms with Gasteiger partial charge in [-0.3, -0.25) is 4.57 Å². The third-order valence-electron chi connectivity index (χ3n) is 3.62. The van der Waals surface area contributed by atoms with Crippen LogP contribution in [-0.2, 0) is 25.0 Å². The van der Waals surface area contributed by atoms with Crippen molar-refractivity contribution < 1.29 is 18.6 Å². The first-order valence-corrected chi connectivity index (χ1v) is 11.0. The normalized spacial score (nSPS) is 14.4. The van der Waals surface area contributed by atoms with Crippen LogP contribution in [0, 0.1) is 5.92 Å². The molecule has 0 radical (unpaired) electrons. The van der Waals surface area contributed by atoms with Crippen LogP contribution >= 0.6 is 7.37 Å². The number of carbonyl (C=O) groups excluding carboxylic acids is 1. The topological polar surface area (TPSA) is 52.6 Å². The highest BCUT2D eigenvalue weighted by atomic mass is 31.2. The molecule has 4 nitrogen and oxygen atoms in total. The fraction of sp³-hybridized carbons (Fsp3) is 0.550. The van der Waals surface area contributed by atoms with Crippen molar-refractivity contribution in [3.8, 4) is 0 Å². The molecule has 0 N–H and O–H groups in total. The van der Waals surface area contributed by atoms with Crippen LogP contribution in [0.1, 0.15) is 39.7 Å². The van der Waals surface area contributed by atoms with E-state index in [2.05, 4.69) is 12.1 Å². The van der Waals surface area contributed by atoms with E-state index in [4.69, 9.17) is 9.26 Å². The zero-order chi connectivity index (χ0) is 18.7. The molecule has 25 heavy (non-hydrogen) atoms. The van der Waals surface area contributed by atoms with Gasteiger partial charge in [-0.2, -0.15) is 0 Å². The van der Waals surface area contributed by atoms with Crippen molar-refractivity contribution in [2.75, 3.05) is 25.5 Å². The fourth-order valence-electron chi connectivity index (χ4n) is 2.71. The van der Waals surface area contributed by atoms with Gasteiger partial charge in [-0.25, -0.2) is 4.79 Å². The van der Waals surface area contributed by atoms with Gasteiger partial charge in [0.15, 0.2) is 0 Å². The minimum absolute atomic E-state index is 0.145. The van der Waals surface area contributed by atoms with Crippen LogP contribution in [-0.4, -0.2) is 31.5 Å². The Labute approximate surface area is 152 Å². The summed E-state index contributed by atoms with van der Waals surface area (Å²) in [5.74, 6) is -0.149. The molecule has 1 unspecified atom stereocenters. The Bertz CT molecular complexity index is 593. The van der Waals surface area contributed by atoms with Gasteiger partial charge in [0, 0.05) is 11.7 Å². The molecule has 1 rings (SSSR count). The van der Waals surface area contributed by atoms with Crippen LogP contribution in [0.25, 0.3) is 0 Å². The Balaban J connectivity index is 2.88. The molecule has 1 aromatic carbocycles. The molecule has 0 spiro atoms. The first-order valence-electron chi connectivity index (χ1n) is 9.03. The summed E-state index contributed by atoms with van der Waals surface area (Å²) in [6, 6.07) is 10.1. The van der Waals surface area contributed by atoms with E-state index in [1.807, 2.05) is 45.0 Å². The van der Waals surface area contributed by atoms with Crippen molar-refractivity contribution in [1.29, 1.82) is 0 Å². The molecular weight excluding hydrogens is 335 g/mol. The molecule has 0 fully saturated rings. The van der Waals surface area contributed by atoms with Gasteiger partial charge in [-0.05, 0) is 38.2 Å². The molecule has 0 amide bonds. The summed E-state index contributed by atoms with van der Waals surface area (Å²) in [6.45, 7) is 8.30. The van der Waals surface area contributed by atoms with E-state index in [1.54, 1.807) is 6.92 Å². The lowest BCUT2D eigenvalue weighted by molar-refractivity contribution is -0.138. The average Bonchev–Trinajstić information content (AvgIpc) is 2.54. The second-order valence-corrected chi connectivity index (χ2v) is 9.01. The van der Waals surface area contributed by atoms with Crippen molar-refractivity contribution in [3.05, 3.63) is 47.5 Å². The summed E-state index contributed by atoms with van der Waals surface area (Å²) in [7, 11) is -2.89. The average molecular weight is 366 g/mol. The van der Waals surface area contributed by atoms with Crippen LogP contribution in [0.2, 0.25) is 0 Å². The van der Waals surface area contributed by atoms with Crippen molar-refractivity contribution in [1.82, 2.24) is 0 Å². The monoisotopic (exact) mass is 366 g/mol. The molecule has 5 heteroatoms. The third kappa shape index (κ3) is 8.51. The minimum atomic E-state index is -2.89. The van der Waals surface area contributed by atoms with Gasteiger partial charge in [-0.15, -0.1) is 0 Å².